The zero-order valence-electron chi connectivity index (χ0n) is 9.40. The van der Waals surface area contributed by atoms with Crippen LogP contribution in [0.25, 0.3) is 0 Å². The number of hydrogen-bond donors (Lipinski definition) is 0. The summed E-state index contributed by atoms with van der Waals surface area (Å²) in [5.74, 6) is 0.620. The molecule has 18 heavy (non-hydrogen) atoms. The Labute approximate surface area is 101 Å². The van der Waals surface area contributed by atoms with Crippen LogP contribution in [0.1, 0.15) is 11.1 Å². The minimum Gasteiger partial charge on any atom is -0.439 e. The van der Waals surface area contributed by atoms with E-state index in [1.807, 2.05) is 0 Å². The van der Waals surface area contributed by atoms with Gasteiger partial charge in [-0.05, 0) is 31.2 Å². The number of alkyl halides is 3. The lowest BCUT2D eigenvalue weighted by Crippen LogP contribution is -2.04. The lowest BCUT2D eigenvalue weighted by Gasteiger charge is -2.09. The second kappa shape index (κ2) is 4.64. The highest BCUT2D eigenvalue weighted by Gasteiger charge is 2.30. The van der Waals surface area contributed by atoms with E-state index in [4.69, 9.17) is 4.74 Å². The summed E-state index contributed by atoms with van der Waals surface area (Å²) in [6, 6.07) is 4.44. The molecule has 0 N–H and O–H groups in total. The Morgan fingerprint density at radius 2 is 1.78 bits per heavy atom. The van der Waals surface area contributed by atoms with Crippen molar-refractivity contribution < 1.29 is 17.9 Å². The standard InChI is InChI=1S/C12H9F3N2O/c1-8-6-16-7-17-11(8)18-10-4-2-9(3-5-10)12(13,14)15/h2-7H,1H3. The van der Waals surface area contributed by atoms with Crippen molar-refractivity contribution in [1.82, 2.24) is 9.97 Å². The predicted molar refractivity (Wildman–Crippen MR) is 58.3 cm³/mol. The van der Waals surface area contributed by atoms with Crippen LogP contribution in [0.15, 0.2) is 36.8 Å². The lowest BCUT2D eigenvalue weighted by atomic mass is 10.2. The summed E-state index contributed by atoms with van der Waals surface area (Å²) in [5, 5.41) is 0. The van der Waals surface area contributed by atoms with Crippen LogP contribution in [0.4, 0.5) is 13.2 Å². The van der Waals surface area contributed by atoms with Crippen molar-refractivity contribution in [1.29, 1.82) is 0 Å². The third-order valence-corrected chi connectivity index (χ3v) is 2.24. The molecule has 0 aliphatic rings. The number of nitrogens with zero attached hydrogens (tertiary/aromatic N) is 2. The number of hydrogen-bond acceptors (Lipinski definition) is 3. The molecule has 1 aromatic carbocycles. The highest BCUT2D eigenvalue weighted by atomic mass is 19.4. The Morgan fingerprint density at radius 1 is 1.11 bits per heavy atom. The van der Waals surface area contributed by atoms with Crippen LogP contribution in [-0.2, 0) is 6.18 Å². The fraction of sp³-hybridized carbons (Fsp3) is 0.167. The van der Waals surface area contributed by atoms with Crippen molar-refractivity contribution >= 4 is 0 Å². The van der Waals surface area contributed by atoms with E-state index in [1.54, 1.807) is 13.1 Å². The van der Waals surface area contributed by atoms with E-state index in [2.05, 4.69) is 9.97 Å². The third-order valence-electron chi connectivity index (χ3n) is 2.24. The second-order valence-corrected chi connectivity index (χ2v) is 3.64. The van der Waals surface area contributed by atoms with Gasteiger partial charge in [-0.3, -0.25) is 0 Å². The first-order chi connectivity index (χ1) is 8.47. The molecule has 0 aliphatic carbocycles. The molecule has 0 unspecified atom stereocenters. The maximum Gasteiger partial charge on any atom is 0.416 e. The van der Waals surface area contributed by atoms with Crippen LogP contribution >= 0.6 is 0 Å². The molecule has 1 heterocycles. The summed E-state index contributed by atoms with van der Waals surface area (Å²) in [4.78, 5) is 7.68. The molecule has 0 radical (unpaired) electrons. The fourth-order valence-electron chi connectivity index (χ4n) is 1.32. The molecule has 2 rings (SSSR count). The average molecular weight is 254 g/mol. The Balaban J connectivity index is 2.19. The SMILES string of the molecule is Cc1cncnc1Oc1ccc(C(F)(F)F)cc1. The van der Waals surface area contributed by atoms with Crippen molar-refractivity contribution in [2.45, 2.75) is 13.1 Å². The van der Waals surface area contributed by atoms with Gasteiger partial charge in [-0.1, -0.05) is 0 Å². The van der Waals surface area contributed by atoms with Crippen LogP contribution in [0, 0.1) is 6.92 Å². The number of rotatable bonds is 2. The topological polar surface area (TPSA) is 35.0 Å². The number of benzene rings is 1. The van der Waals surface area contributed by atoms with Crippen LogP contribution in [0.2, 0.25) is 0 Å². The molecule has 0 aliphatic heterocycles. The monoisotopic (exact) mass is 254 g/mol. The highest BCUT2D eigenvalue weighted by molar-refractivity contribution is 5.33. The van der Waals surface area contributed by atoms with Gasteiger partial charge in [0.2, 0.25) is 5.88 Å². The van der Waals surface area contributed by atoms with Gasteiger partial charge in [-0.2, -0.15) is 13.2 Å². The van der Waals surface area contributed by atoms with Gasteiger partial charge < -0.3 is 4.74 Å². The summed E-state index contributed by atoms with van der Waals surface area (Å²) in [7, 11) is 0. The van der Waals surface area contributed by atoms with Crippen molar-refractivity contribution in [3.05, 3.63) is 47.9 Å². The Hall–Kier alpha value is -2.11. The van der Waals surface area contributed by atoms with E-state index >= 15 is 0 Å². The van der Waals surface area contributed by atoms with E-state index in [0.29, 0.717) is 17.2 Å². The Morgan fingerprint density at radius 3 is 2.33 bits per heavy atom. The Kier molecular flexibility index (Phi) is 3.18. The second-order valence-electron chi connectivity index (χ2n) is 3.64. The number of ether oxygens (including phenoxy) is 1. The van der Waals surface area contributed by atoms with E-state index in [9.17, 15) is 13.2 Å². The number of halogens is 3. The molecular weight excluding hydrogens is 245 g/mol. The van der Waals surface area contributed by atoms with Crippen molar-refractivity contribution in [2.75, 3.05) is 0 Å². The molecule has 0 fully saturated rings. The summed E-state index contributed by atoms with van der Waals surface area (Å²) < 4.78 is 42.4. The van der Waals surface area contributed by atoms with Crippen LogP contribution in [0.5, 0.6) is 11.6 Å². The molecule has 94 valence electrons. The van der Waals surface area contributed by atoms with Gasteiger partial charge in [-0.25, -0.2) is 9.97 Å². The van der Waals surface area contributed by atoms with Gasteiger partial charge >= 0.3 is 6.18 Å². The zero-order chi connectivity index (χ0) is 13.2. The molecule has 0 spiro atoms. The van der Waals surface area contributed by atoms with E-state index in [1.165, 1.54) is 18.5 Å². The molecule has 3 nitrogen and oxygen atoms in total. The maximum absolute atomic E-state index is 12.3. The summed E-state index contributed by atoms with van der Waals surface area (Å²) in [6.07, 6.45) is -1.47. The smallest absolute Gasteiger partial charge is 0.416 e. The normalized spacial score (nSPS) is 11.3. The molecule has 0 amide bonds. The number of aryl methyl sites for hydroxylation is 1. The molecule has 6 heteroatoms. The molecule has 0 bridgehead atoms. The summed E-state index contributed by atoms with van der Waals surface area (Å²) >= 11 is 0. The first-order valence-electron chi connectivity index (χ1n) is 5.08. The molecule has 2 aromatic rings. The fourth-order valence-corrected chi connectivity index (χ4v) is 1.32. The van der Waals surface area contributed by atoms with Crippen molar-refractivity contribution in [3.8, 4) is 11.6 Å². The predicted octanol–water partition coefficient (Wildman–Crippen LogP) is 3.60. The first kappa shape index (κ1) is 12.3. The van der Waals surface area contributed by atoms with E-state index < -0.39 is 11.7 Å². The lowest BCUT2D eigenvalue weighted by molar-refractivity contribution is -0.137. The van der Waals surface area contributed by atoms with Crippen LogP contribution in [0.3, 0.4) is 0 Å². The van der Waals surface area contributed by atoms with Crippen LogP contribution in [-0.4, -0.2) is 9.97 Å². The quantitative estimate of drug-likeness (QED) is 0.821. The van der Waals surface area contributed by atoms with Gasteiger partial charge in [0.15, 0.2) is 0 Å². The first-order valence-corrected chi connectivity index (χ1v) is 5.08. The molecule has 1 aromatic heterocycles. The molecule has 0 atom stereocenters. The van der Waals surface area contributed by atoms with E-state index in [0.717, 1.165) is 12.1 Å². The van der Waals surface area contributed by atoms with Crippen LogP contribution < -0.4 is 4.74 Å². The largest absolute Gasteiger partial charge is 0.439 e. The minimum atomic E-state index is -4.34. The average Bonchev–Trinajstić information content (AvgIpc) is 2.32. The van der Waals surface area contributed by atoms with Crippen molar-refractivity contribution in [3.63, 3.8) is 0 Å². The molecule has 0 saturated carbocycles. The summed E-state index contributed by atoms with van der Waals surface area (Å²) in [5.41, 5.74) is -0.00772. The number of aromatic nitrogens is 2. The maximum atomic E-state index is 12.3. The highest BCUT2D eigenvalue weighted by Crippen LogP contribution is 2.31. The summed E-state index contributed by atoms with van der Waals surface area (Å²) in [6.45, 7) is 1.75. The molecule has 0 saturated heterocycles. The Bertz CT molecular complexity index is 538. The molecular formula is C12H9F3N2O. The van der Waals surface area contributed by atoms with E-state index in [-0.39, 0.29) is 0 Å². The minimum absolute atomic E-state index is 0.296. The third kappa shape index (κ3) is 2.77. The van der Waals surface area contributed by atoms with Gasteiger partial charge in [0.25, 0.3) is 0 Å². The van der Waals surface area contributed by atoms with Gasteiger partial charge in [0.1, 0.15) is 12.1 Å². The van der Waals surface area contributed by atoms with Gasteiger partial charge in [-0.15, -0.1) is 0 Å². The zero-order valence-corrected chi connectivity index (χ0v) is 9.40. The van der Waals surface area contributed by atoms with Crippen molar-refractivity contribution in [2.24, 2.45) is 0 Å². The van der Waals surface area contributed by atoms with Gasteiger partial charge in [0.05, 0.1) is 5.56 Å². The van der Waals surface area contributed by atoms with Gasteiger partial charge in [0, 0.05) is 11.8 Å².